The van der Waals surface area contributed by atoms with Crippen LogP contribution in [0.15, 0.2) is 28.1 Å². The van der Waals surface area contributed by atoms with Gasteiger partial charge in [-0.25, -0.2) is 4.39 Å². The number of hydrogen-bond donors (Lipinski definition) is 1. The summed E-state index contributed by atoms with van der Waals surface area (Å²) in [6.07, 6.45) is 0. The normalized spacial score (nSPS) is 12.5. The maximum Gasteiger partial charge on any atom is 0.127 e. The van der Waals surface area contributed by atoms with Crippen LogP contribution in [0.2, 0.25) is 5.02 Å². The van der Waals surface area contributed by atoms with E-state index in [1.54, 1.807) is 24.3 Å². The summed E-state index contributed by atoms with van der Waals surface area (Å²) in [4.78, 5) is 1.19. The minimum absolute atomic E-state index is 0.128. The van der Waals surface area contributed by atoms with Gasteiger partial charge >= 0.3 is 0 Å². The van der Waals surface area contributed by atoms with E-state index in [1.807, 2.05) is 13.0 Å². The van der Waals surface area contributed by atoms with Crippen LogP contribution in [0.25, 0.3) is 0 Å². The lowest BCUT2D eigenvalue weighted by Gasteiger charge is -2.15. The van der Waals surface area contributed by atoms with Crippen molar-refractivity contribution in [1.29, 1.82) is 0 Å². The van der Waals surface area contributed by atoms with Gasteiger partial charge in [-0.05, 0) is 59.6 Å². The third-order valence-electron chi connectivity index (χ3n) is 2.64. The third-order valence-corrected chi connectivity index (χ3v) is 4.76. The highest BCUT2D eigenvalue weighted by Gasteiger charge is 2.11. The van der Waals surface area contributed by atoms with Crippen molar-refractivity contribution in [2.24, 2.45) is 0 Å². The molecule has 2 aromatic rings. The van der Waals surface area contributed by atoms with Gasteiger partial charge in [0.2, 0.25) is 0 Å². The van der Waals surface area contributed by atoms with Crippen molar-refractivity contribution in [1.82, 2.24) is 0 Å². The topological polar surface area (TPSA) is 12.0 Å². The Balaban J connectivity index is 2.21. The van der Waals surface area contributed by atoms with Crippen LogP contribution in [0.4, 0.5) is 10.1 Å². The van der Waals surface area contributed by atoms with Crippen molar-refractivity contribution in [2.45, 2.75) is 19.9 Å². The monoisotopic (exact) mass is 347 g/mol. The smallest absolute Gasteiger partial charge is 0.127 e. The third kappa shape index (κ3) is 3.05. The van der Waals surface area contributed by atoms with Gasteiger partial charge in [-0.2, -0.15) is 0 Å². The molecule has 0 saturated carbocycles. The summed E-state index contributed by atoms with van der Waals surface area (Å²) in [5.41, 5.74) is 1.34. The molecule has 1 N–H and O–H groups in total. The molecule has 1 atom stereocenters. The molecule has 1 heterocycles. The van der Waals surface area contributed by atoms with Gasteiger partial charge in [-0.1, -0.05) is 11.6 Å². The number of thiophene rings is 1. The maximum absolute atomic E-state index is 13.3. The predicted octanol–water partition coefficient (Wildman–Crippen LogP) is 5.78. The van der Waals surface area contributed by atoms with Crippen molar-refractivity contribution in [3.63, 3.8) is 0 Å². The zero-order valence-corrected chi connectivity index (χ0v) is 13.1. The van der Waals surface area contributed by atoms with Crippen molar-refractivity contribution in [3.8, 4) is 0 Å². The largest absolute Gasteiger partial charge is 0.376 e. The van der Waals surface area contributed by atoms with Gasteiger partial charge in [0.25, 0.3) is 0 Å². The molecule has 96 valence electrons. The van der Waals surface area contributed by atoms with Gasteiger partial charge < -0.3 is 5.32 Å². The Labute approximate surface area is 123 Å². The number of benzene rings is 1. The summed E-state index contributed by atoms with van der Waals surface area (Å²) in [5.74, 6) is -0.280. The predicted molar refractivity (Wildman–Crippen MR) is 80.2 cm³/mol. The minimum Gasteiger partial charge on any atom is -0.376 e. The zero-order chi connectivity index (χ0) is 13.3. The lowest BCUT2D eigenvalue weighted by atomic mass is 10.2. The molecular formula is C13H12BrClFNS. The number of anilines is 1. The highest BCUT2D eigenvalue weighted by atomic mass is 79.9. The van der Waals surface area contributed by atoms with Gasteiger partial charge in [-0.15, -0.1) is 11.3 Å². The molecule has 0 aliphatic rings. The summed E-state index contributed by atoms with van der Waals surface area (Å²) in [6, 6.07) is 7.27. The highest BCUT2D eigenvalue weighted by Crippen LogP contribution is 2.32. The Morgan fingerprint density at radius 1 is 1.39 bits per heavy atom. The van der Waals surface area contributed by atoms with Crippen LogP contribution in [-0.4, -0.2) is 0 Å². The first-order chi connectivity index (χ1) is 8.47. The summed E-state index contributed by atoms with van der Waals surface area (Å²) in [7, 11) is 0. The Hall–Kier alpha value is -0.580. The fourth-order valence-corrected chi connectivity index (χ4v) is 3.26. The molecule has 0 aliphatic heterocycles. The molecule has 1 aromatic carbocycles. The summed E-state index contributed by atoms with van der Waals surface area (Å²) < 4.78 is 14.4. The molecule has 1 unspecified atom stereocenters. The maximum atomic E-state index is 13.3. The van der Waals surface area contributed by atoms with E-state index in [2.05, 4.69) is 27.3 Å². The van der Waals surface area contributed by atoms with E-state index in [9.17, 15) is 4.39 Å². The fourth-order valence-electron chi connectivity index (χ4n) is 1.63. The number of halogens is 3. The van der Waals surface area contributed by atoms with E-state index in [1.165, 1.54) is 10.9 Å². The van der Waals surface area contributed by atoms with Gasteiger partial charge in [0.1, 0.15) is 5.82 Å². The first kappa shape index (κ1) is 13.8. The summed E-state index contributed by atoms with van der Waals surface area (Å²) in [5, 5.41) is 3.70. The summed E-state index contributed by atoms with van der Waals surface area (Å²) >= 11 is 11.1. The average Bonchev–Trinajstić information content (AvgIpc) is 2.73. The zero-order valence-electron chi connectivity index (χ0n) is 9.93. The van der Waals surface area contributed by atoms with Gasteiger partial charge in [0.15, 0.2) is 0 Å². The minimum atomic E-state index is -0.280. The number of aryl methyl sites for hydroxylation is 1. The number of nitrogens with one attached hydrogen (secondary N) is 1. The molecule has 0 amide bonds. The van der Waals surface area contributed by atoms with Crippen molar-refractivity contribution >= 4 is 44.6 Å². The van der Waals surface area contributed by atoms with E-state index in [4.69, 9.17) is 11.6 Å². The lowest BCUT2D eigenvalue weighted by molar-refractivity contribution is 0.618. The number of hydrogen-bond acceptors (Lipinski definition) is 2. The Morgan fingerprint density at radius 2 is 2.11 bits per heavy atom. The van der Waals surface area contributed by atoms with Crippen LogP contribution in [0.5, 0.6) is 0 Å². The quantitative estimate of drug-likeness (QED) is 0.741. The van der Waals surface area contributed by atoms with Crippen LogP contribution in [0, 0.1) is 12.7 Å². The molecule has 1 nitrogen and oxygen atoms in total. The van der Waals surface area contributed by atoms with Crippen LogP contribution in [0.1, 0.15) is 23.4 Å². The van der Waals surface area contributed by atoms with E-state index in [0.717, 1.165) is 9.47 Å². The molecule has 5 heteroatoms. The Bertz CT molecular complexity index is 570. The van der Waals surface area contributed by atoms with Crippen LogP contribution < -0.4 is 5.32 Å². The second-order valence-electron chi connectivity index (χ2n) is 4.09. The standard InChI is InChI=1S/C13H12BrClFNS/c1-7-5-11(9(15)6-10(7)16)17-8(2)12-3-4-13(14)18-12/h3-6,8,17H,1-2H3. The molecule has 0 radical (unpaired) electrons. The average molecular weight is 349 g/mol. The molecule has 18 heavy (non-hydrogen) atoms. The van der Waals surface area contributed by atoms with E-state index in [-0.39, 0.29) is 11.9 Å². The van der Waals surface area contributed by atoms with Gasteiger partial charge in [0, 0.05) is 4.88 Å². The second kappa shape index (κ2) is 5.59. The van der Waals surface area contributed by atoms with Crippen molar-refractivity contribution in [3.05, 3.63) is 49.3 Å². The van der Waals surface area contributed by atoms with Gasteiger partial charge in [-0.3, -0.25) is 0 Å². The highest BCUT2D eigenvalue weighted by molar-refractivity contribution is 9.11. The Kier molecular flexibility index (Phi) is 4.30. The van der Waals surface area contributed by atoms with Crippen molar-refractivity contribution < 1.29 is 4.39 Å². The second-order valence-corrected chi connectivity index (χ2v) is 6.99. The molecular weight excluding hydrogens is 337 g/mol. The first-order valence-electron chi connectivity index (χ1n) is 5.45. The SMILES string of the molecule is Cc1cc(NC(C)c2ccc(Br)s2)c(Cl)cc1F. The van der Waals surface area contributed by atoms with Crippen LogP contribution in [0.3, 0.4) is 0 Å². The van der Waals surface area contributed by atoms with E-state index in [0.29, 0.717) is 10.6 Å². The summed E-state index contributed by atoms with van der Waals surface area (Å²) in [6.45, 7) is 3.77. The van der Waals surface area contributed by atoms with E-state index >= 15 is 0 Å². The molecule has 0 spiro atoms. The Morgan fingerprint density at radius 3 is 2.72 bits per heavy atom. The van der Waals surface area contributed by atoms with Crippen LogP contribution in [-0.2, 0) is 0 Å². The molecule has 2 rings (SSSR count). The fraction of sp³-hybridized carbons (Fsp3) is 0.231. The molecule has 0 bridgehead atoms. The van der Waals surface area contributed by atoms with E-state index < -0.39 is 0 Å². The van der Waals surface area contributed by atoms with Crippen LogP contribution >= 0.6 is 38.9 Å². The molecule has 0 fully saturated rings. The molecule has 1 aromatic heterocycles. The van der Waals surface area contributed by atoms with Crippen molar-refractivity contribution in [2.75, 3.05) is 5.32 Å². The number of rotatable bonds is 3. The first-order valence-corrected chi connectivity index (χ1v) is 7.43. The molecule has 0 aliphatic carbocycles. The molecule has 0 saturated heterocycles. The van der Waals surface area contributed by atoms with Gasteiger partial charge in [0.05, 0.1) is 20.5 Å². The lowest BCUT2D eigenvalue weighted by Crippen LogP contribution is -2.05.